The third-order valence-corrected chi connectivity index (χ3v) is 9.27. The minimum atomic E-state index is -5.08. The van der Waals surface area contributed by atoms with E-state index in [0.717, 1.165) is 15.9 Å². The van der Waals surface area contributed by atoms with Crippen LogP contribution in [0, 0.1) is 0 Å². The third-order valence-electron chi connectivity index (χ3n) is 4.98. The number of alkyl halides is 3. The zero-order valence-corrected chi connectivity index (χ0v) is 18.6. The van der Waals surface area contributed by atoms with Crippen LogP contribution in [0.2, 0.25) is 0 Å². The summed E-state index contributed by atoms with van der Waals surface area (Å²) < 4.78 is 31.7. The summed E-state index contributed by atoms with van der Waals surface area (Å²) in [5.41, 5.74) is 0. The summed E-state index contributed by atoms with van der Waals surface area (Å²) in [7, 11) is -2.44. The lowest BCUT2D eigenvalue weighted by atomic mass is 10.3. The molecule has 0 aliphatic heterocycles. The minimum Gasteiger partial charge on any atom is -0.870 e. The van der Waals surface area contributed by atoms with Gasteiger partial charge in [-0.2, -0.15) is 13.2 Å². The topological polar surface area (TPSA) is 80.6 Å². The number of phenolic OH excluding ortho intramolecular Hbond substituents is 1. The molecule has 0 saturated carbocycles. The fourth-order valence-corrected chi connectivity index (χ4v) is 7.91. The van der Waals surface area contributed by atoms with Crippen molar-refractivity contribution < 1.29 is 33.3 Å². The third kappa shape index (κ3) is 5.21. The molecular formula is C26H20F3O4P. The van der Waals surface area contributed by atoms with Gasteiger partial charge in [0.25, 0.3) is 0 Å². The smallest absolute Gasteiger partial charge is 0.490 e. The van der Waals surface area contributed by atoms with Crippen molar-refractivity contribution in [2.45, 2.75) is 6.18 Å². The van der Waals surface area contributed by atoms with Gasteiger partial charge in [-0.3, -0.25) is 0 Å². The van der Waals surface area contributed by atoms with Crippen molar-refractivity contribution in [3.63, 3.8) is 0 Å². The molecule has 4 aromatic rings. The van der Waals surface area contributed by atoms with E-state index in [0.29, 0.717) is 5.30 Å². The number of benzene rings is 4. The monoisotopic (exact) mass is 484 g/mol. The molecule has 0 radical (unpaired) electrons. The molecule has 4 aromatic carbocycles. The molecule has 4 rings (SSSR count). The predicted octanol–water partition coefficient (Wildman–Crippen LogP) is 3.72. The van der Waals surface area contributed by atoms with E-state index in [2.05, 4.69) is 36.4 Å². The van der Waals surface area contributed by atoms with Gasteiger partial charge in [0.15, 0.2) is 0 Å². The molecule has 0 atom stereocenters. The van der Waals surface area contributed by atoms with Crippen LogP contribution in [0.15, 0.2) is 109 Å². The van der Waals surface area contributed by atoms with Gasteiger partial charge in [-0.15, -0.1) is 0 Å². The molecule has 0 heterocycles. The number of aliphatic carboxylic acids is 1. The number of carbonyl (C=O) groups is 1. The van der Waals surface area contributed by atoms with Crippen molar-refractivity contribution in [3.8, 4) is 11.5 Å². The number of carboxylic acid groups (broad SMARTS) is 1. The first-order valence-corrected chi connectivity index (χ1v) is 11.8. The molecule has 174 valence electrons. The number of hydrogen-bond donors (Lipinski definition) is 2. The van der Waals surface area contributed by atoms with Gasteiger partial charge in [-0.1, -0.05) is 66.4 Å². The SMILES string of the molecule is O=C(O)C(F)(F)F.[O-]c1ccc(O)cc1[P+](c1ccccc1)(c1ccccc1)c1ccccc1. The van der Waals surface area contributed by atoms with Gasteiger partial charge in [-0.25, -0.2) is 4.79 Å². The summed E-state index contributed by atoms with van der Waals surface area (Å²) >= 11 is 0. The van der Waals surface area contributed by atoms with E-state index in [1.54, 1.807) is 6.07 Å². The summed E-state index contributed by atoms with van der Waals surface area (Å²) in [5.74, 6) is -2.71. The largest absolute Gasteiger partial charge is 0.870 e. The first-order valence-electron chi connectivity index (χ1n) is 10.0. The van der Waals surface area contributed by atoms with E-state index in [-0.39, 0.29) is 11.5 Å². The van der Waals surface area contributed by atoms with Crippen LogP contribution >= 0.6 is 7.26 Å². The quantitative estimate of drug-likeness (QED) is 0.433. The van der Waals surface area contributed by atoms with Crippen molar-refractivity contribution in [3.05, 3.63) is 109 Å². The number of phenols is 1. The lowest BCUT2D eigenvalue weighted by Gasteiger charge is -2.30. The van der Waals surface area contributed by atoms with Crippen molar-refractivity contribution in [2.75, 3.05) is 0 Å². The van der Waals surface area contributed by atoms with E-state index >= 15 is 0 Å². The number of rotatable bonds is 4. The molecule has 0 aliphatic rings. The van der Waals surface area contributed by atoms with Gasteiger partial charge in [0.1, 0.15) is 34.2 Å². The highest BCUT2D eigenvalue weighted by Crippen LogP contribution is 2.55. The van der Waals surface area contributed by atoms with Gasteiger partial charge in [0.2, 0.25) is 0 Å². The van der Waals surface area contributed by atoms with Crippen LogP contribution in [-0.2, 0) is 4.79 Å². The van der Waals surface area contributed by atoms with Crippen LogP contribution in [0.1, 0.15) is 0 Å². The van der Waals surface area contributed by atoms with Crippen molar-refractivity contribution in [1.29, 1.82) is 0 Å². The van der Waals surface area contributed by atoms with E-state index in [1.165, 1.54) is 12.1 Å². The zero-order valence-electron chi connectivity index (χ0n) is 17.7. The van der Waals surface area contributed by atoms with Crippen LogP contribution in [0.4, 0.5) is 13.2 Å². The second-order valence-electron chi connectivity index (χ2n) is 7.13. The number of aromatic hydroxyl groups is 1. The van der Waals surface area contributed by atoms with Crippen LogP contribution in [0.3, 0.4) is 0 Å². The normalized spacial score (nSPS) is 11.3. The maximum absolute atomic E-state index is 13.1. The van der Waals surface area contributed by atoms with Gasteiger partial charge in [0.05, 0.1) is 0 Å². The standard InChI is InChI=1S/C24H19O2P.C2HF3O2/c25-19-16-17-23(26)24(18-19)27(20-10-4-1-5-11-20,21-12-6-2-7-13-21)22-14-8-3-9-15-22;3-2(4,5)1(6)7/h1-18H,(H-,25,26);(H,6,7). The Labute approximate surface area is 194 Å². The van der Waals surface area contributed by atoms with Crippen LogP contribution in [0.5, 0.6) is 11.5 Å². The Balaban J connectivity index is 0.000000406. The van der Waals surface area contributed by atoms with E-state index < -0.39 is 19.4 Å². The van der Waals surface area contributed by atoms with Crippen LogP contribution in [0.25, 0.3) is 0 Å². The molecular weight excluding hydrogens is 464 g/mol. The summed E-state index contributed by atoms with van der Waals surface area (Å²) in [4.78, 5) is 8.90. The average Bonchev–Trinajstić information content (AvgIpc) is 2.84. The average molecular weight is 484 g/mol. The molecule has 0 bridgehead atoms. The van der Waals surface area contributed by atoms with Crippen molar-refractivity contribution >= 4 is 34.4 Å². The first kappa shape index (κ1) is 24.8. The Kier molecular flexibility index (Phi) is 7.59. The number of halogens is 3. The van der Waals surface area contributed by atoms with Crippen molar-refractivity contribution in [1.82, 2.24) is 0 Å². The number of carboxylic acids is 1. The molecule has 8 heteroatoms. The maximum Gasteiger partial charge on any atom is 0.490 e. The molecule has 34 heavy (non-hydrogen) atoms. The highest BCUT2D eigenvalue weighted by molar-refractivity contribution is 8.01. The van der Waals surface area contributed by atoms with Crippen LogP contribution in [-0.4, -0.2) is 22.4 Å². The lowest BCUT2D eigenvalue weighted by molar-refractivity contribution is -0.266. The second-order valence-corrected chi connectivity index (χ2v) is 10.5. The van der Waals surface area contributed by atoms with Crippen molar-refractivity contribution in [2.24, 2.45) is 0 Å². The Hall–Kier alpha value is -3.83. The highest BCUT2D eigenvalue weighted by atomic mass is 31.2. The summed E-state index contributed by atoms with van der Waals surface area (Å²) in [6.07, 6.45) is -5.08. The summed E-state index contributed by atoms with van der Waals surface area (Å²) in [6.45, 7) is 0. The van der Waals surface area contributed by atoms with Gasteiger partial charge >= 0.3 is 12.1 Å². The molecule has 4 nitrogen and oxygen atoms in total. The Bertz CT molecular complexity index is 1130. The molecule has 0 amide bonds. The van der Waals surface area contributed by atoms with Gasteiger partial charge in [0, 0.05) is 6.07 Å². The zero-order chi connectivity index (χ0) is 24.8. The summed E-state index contributed by atoms with van der Waals surface area (Å²) in [6, 6.07) is 35.0. The summed E-state index contributed by atoms with van der Waals surface area (Å²) in [5, 5.41) is 34.3. The predicted molar refractivity (Wildman–Crippen MR) is 126 cm³/mol. The number of hydrogen-bond acceptors (Lipinski definition) is 3. The molecule has 0 spiro atoms. The van der Waals surface area contributed by atoms with E-state index in [4.69, 9.17) is 9.90 Å². The van der Waals surface area contributed by atoms with Crippen LogP contribution < -0.4 is 26.3 Å². The lowest BCUT2D eigenvalue weighted by Crippen LogP contribution is -2.39. The molecule has 0 aromatic heterocycles. The fourth-order valence-electron chi connectivity index (χ4n) is 3.59. The van der Waals surface area contributed by atoms with E-state index in [1.807, 2.05) is 54.6 Å². The maximum atomic E-state index is 13.1. The Morgan fingerprint density at radius 1 is 0.706 bits per heavy atom. The fraction of sp³-hybridized carbons (Fsp3) is 0.0385. The second kappa shape index (κ2) is 10.4. The van der Waals surface area contributed by atoms with E-state index in [9.17, 15) is 23.4 Å². The molecule has 0 aliphatic carbocycles. The van der Waals surface area contributed by atoms with Gasteiger partial charge in [-0.05, 0) is 42.5 Å². The highest BCUT2D eigenvalue weighted by Gasteiger charge is 2.48. The molecule has 2 N–H and O–H groups in total. The minimum absolute atomic E-state index is 0.0577. The molecule has 0 unspecified atom stereocenters. The Morgan fingerprint density at radius 2 is 1.06 bits per heavy atom. The molecule has 0 saturated heterocycles. The first-order chi connectivity index (χ1) is 16.2. The Morgan fingerprint density at radius 3 is 1.38 bits per heavy atom. The molecule has 0 fully saturated rings. The van der Waals surface area contributed by atoms with Gasteiger partial charge < -0.3 is 15.3 Å².